The molecule has 148 valence electrons. The summed E-state index contributed by atoms with van der Waals surface area (Å²) in [6.07, 6.45) is 3.22. The Morgan fingerprint density at radius 1 is 0.966 bits per heavy atom. The van der Waals surface area contributed by atoms with Crippen molar-refractivity contribution in [2.45, 2.75) is 34.6 Å². The average Bonchev–Trinajstić information content (AvgIpc) is 3.13. The Kier molecular flexibility index (Phi) is 6.09. The molecule has 4 nitrogen and oxygen atoms in total. The third-order valence-electron chi connectivity index (χ3n) is 4.88. The molecular weight excluding hydrogens is 380 g/mol. The Morgan fingerprint density at radius 3 is 2.28 bits per heavy atom. The molecule has 0 aliphatic heterocycles. The quantitative estimate of drug-likeness (QED) is 0.389. The van der Waals surface area contributed by atoms with Crippen molar-refractivity contribution in [3.8, 4) is 0 Å². The third-order valence-corrected chi connectivity index (χ3v) is 5.72. The maximum Gasteiger partial charge on any atom is 0.230 e. The van der Waals surface area contributed by atoms with Crippen LogP contribution in [0.25, 0.3) is 6.08 Å². The van der Waals surface area contributed by atoms with E-state index in [1.165, 1.54) is 24.3 Å². The zero-order chi connectivity index (χ0) is 21.1. The summed E-state index contributed by atoms with van der Waals surface area (Å²) in [7, 11) is 0. The number of ketones is 1. The Balaban J connectivity index is 1.87. The first-order chi connectivity index (χ1) is 13.8. The Hall–Kier alpha value is -3.05. The number of amides is 1. The van der Waals surface area contributed by atoms with Gasteiger partial charge in [-0.15, -0.1) is 11.3 Å². The zero-order valence-corrected chi connectivity index (χ0v) is 18.1. The van der Waals surface area contributed by atoms with Crippen molar-refractivity contribution in [2.75, 3.05) is 4.90 Å². The van der Waals surface area contributed by atoms with Gasteiger partial charge in [-0.05, 0) is 68.2 Å². The number of carbonyl (C=O) groups is 2. The standard InChI is InChI=1S/C24H24N2O2S/c1-15-9-10-20(13-18(15)4)22(28)12-11-21-14-29-24(25-21)26(19(5)27)23-16(2)7-6-8-17(23)3/h6-14H,1-5H3/b12-11+. The molecule has 1 heterocycles. The van der Waals surface area contributed by atoms with Crippen LogP contribution in [0.4, 0.5) is 10.8 Å². The van der Waals surface area contributed by atoms with Gasteiger partial charge in [0, 0.05) is 17.9 Å². The van der Waals surface area contributed by atoms with Crippen LogP contribution >= 0.6 is 11.3 Å². The lowest BCUT2D eigenvalue weighted by Gasteiger charge is -2.22. The second-order valence-corrected chi connectivity index (χ2v) is 7.98. The molecule has 0 saturated carbocycles. The molecule has 1 amide bonds. The molecule has 0 spiro atoms. The minimum atomic E-state index is -0.0986. The maximum atomic E-state index is 12.5. The van der Waals surface area contributed by atoms with Gasteiger partial charge in [0.05, 0.1) is 11.4 Å². The number of benzene rings is 2. The summed E-state index contributed by atoms with van der Waals surface area (Å²) < 4.78 is 0. The fraction of sp³-hybridized carbons (Fsp3) is 0.208. The Bertz CT molecular complexity index is 1090. The second-order valence-electron chi connectivity index (χ2n) is 7.15. The molecule has 0 bridgehead atoms. The van der Waals surface area contributed by atoms with E-state index in [0.29, 0.717) is 16.4 Å². The first-order valence-electron chi connectivity index (χ1n) is 9.40. The number of carbonyl (C=O) groups excluding carboxylic acids is 2. The summed E-state index contributed by atoms with van der Waals surface area (Å²) in [6, 6.07) is 11.6. The number of aromatic nitrogens is 1. The maximum absolute atomic E-state index is 12.5. The highest BCUT2D eigenvalue weighted by Crippen LogP contribution is 2.33. The van der Waals surface area contributed by atoms with Crippen LogP contribution in [-0.2, 0) is 4.79 Å². The molecule has 0 fully saturated rings. The summed E-state index contributed by atoms with van der Waals surface area (Å²) in [5, 5.41) is 2.44. The van der Waals surface area contributed by atoms with Crippen molar-refractivity contribution in [2.24, 2.45) is 0 Å². The van der Waals surface area contributed by atoms with Crippen molar-refractivity contribution in [1.82, 2.24) is 4.98 Å². The van der Waals surface area contributed by atoms with Crippen LogP contribution in [0, 0.1) is 27.7 Å². The lowest BCUT2D eigenvalue weighted by molar-refractivity contribution is -0.115. The number of hydrogen-bond donors (Lipinski definition) is 0. The number of thiazole rings is 1. The smallest absolute Gasteiger partial charge is 0.230 e. The number of nitrogens with zero attached hydrogens (tertiary/aromatic N) is 2. The molecular formula is C24H24N2O2S. The molecule has 3 aromatic rings. The highest BCUT2D eigenvalue weighted by Gasteiger charge is 2.21. The molecule has 29 heavy (non-hydrogen) atoms. The van der Waals surface area contributed by atoms with Crippen LogP contribution in [0.3, 0.4) is 0 Å². The SMILES string of the molecule is CC(=O)N(c1nc(/C=C/C(=O)c2ccc(C)c(C)c2)cs1)c1c(C)cccc1C. The first kappa shape index (κ1) is 20.7. The van der Waals surface area contributed by atoms with Gasteiger partial charge < -0.3 is 0 Å². The van der Waals surface area contributed by atoms with Crippen LogP contribution in [0.15, 0.2) is 47.9 Å². The van der Waals surface area contributed by atoms with Crippen LogP contribution in [0.1, 0.15) is 45.2 Å². The molecule has 3 rings (SSSR count). The molecule has 0 atom stereocenters. The van der Waals surface area contributed by atoms with Gasteiger partial charge in [-0.3, -0.25) is 14.5 Å². The van der Waals surface area contributed by atoms with Gasteiger partial charge in [0.15, 0.2) is 10.9 Å². The highest BCUT2D eigenvalue weighted by atomic mass is 32.1. The molecule has 2 aromatic carbocycles. The summed E-state index contributed by atoms with van der Waals surface area (Å²) in [4.78, 5) is 31.1. The first-order valence-corrected chi connectivity index (χ1v) is 10.3. The second kappa shape index (κ2) is 8.53. The molecule has 1 aromatic heterocycles. The number of allylic oxidation sites excluding steroid dienone is 1. The van der Waals surface area contributed by atoms with Gasteiger partial charge in [0.2, 0.25) is 5.91 Å². The van der Waals surface area contributed by atoms with E-state index >= 15 is 0 Å². The van der Waals surface area contributed by atoms with Crippen molar-refractivity contribution >= 4 is 39.9 Å². The Morgan fingerprint density at radius 2 is 1.66 bits per heavy atom. The third kappa shape index (κ3) is 4.51. The van der Waals surface area contributed by atoms with E-state index in [4.69, 9.17) is 0 Å². The minimum absolute atomic E-state index is 0.0687. The van der Waals surface area contributed by atoms with Gasteiger partial charge in [-0.1, -0.05) is 30.3 Å². The van der Waals surface area contributed by atoms with Crippen molar-refractivity contribution in [3.05, 3.63) is 81.4 Å². The van der Waals surface area contributed by atoms with Crippen LogP contribution in [-0.4, -0.2) is 16.7 Å². The monoisotopic (exact) mass is 404 g/mol. The molecule has 0 unspecified atom stereocenters. The predicted molar refractivity (Wildman–Crippen MR) is 120 cm³/mol. The van der Waals surface area contributed by atoms with Crippen LogP contribution in [0.2, 0.25) is 0 Å². The molecule has 5 heteroatoms. The number of anilines is 2. The van der Waals surface area contributed by atoms with E-state index in [-0.39, 0.29) is 11.7 Å². The summed E-state index contributed by atoms with van der Waals surface area (Å²) in [5.41, 5.74) is 6.43. The number of rotatable bonds is 5. The average molecular weight is 405 g/mol. The molecule has 0 aliphatic carbocycles. The fourth-order valence-electron chi connectivity index (χ4n) is 3.15. The Labute approximate surface area is 175 Å². The molecule has 0 N–H and O–H groups in total. The van der Waals surface area contributed by atoms with Crippen LogP contribution in [0.5, 0.6) is 0 Å². The van der Waals surface area contributed by atoms with E-state index in [9.17, 15) is 9.59 Å². The highest BCUT2D eigenvalue weighted by molar-refractivity contribution is 7.14. The minimum Gasteiger partial charge on any atom is -0.289 e. The van der Waals surface area contributed by atoms with Gasteiger partial charge >= 0.3 is 0 Å². The summed E-state index contributed by atoms with van der Waals surface area (Å²) in [6.45, 7) is 9.51. The number of aryl methyl sites for hydroxylation is 4. The number of hydrogen-bond acceptors (Lipinski definition) is 4. The summed E-state index contributed by atoms with van der Waals surface area (Å²) >= 11 is 1.38. The lowest BCUT2D eigenvalue weighted by atomic mass is 10.0. The van der Waals surface area contributed by atoms with Crippen LogP contribution < -0.4 is 4.90 Å². The lowest BCUT2D eigenvalue weighted by Crippen LogP contribution is -2.24. The predicted octanol–water partition coefficient (Wildman–Crippen LogP) is 5.96. The van der Waals surface area contributed by atoms with Crippen molar-refractivity contribution < 1.29 is 9.59 Å². The van der Waals surface area contributed by atoms with E-state index in [1.807, 2.05) is 69.5 Å². The van der Waals surface area contributed by atoms with E-state index < -0.39 is 0 Å². The molecule has 0 aliphatic rings. The summed E-state index contributed by atoms with van der Waals surface area (Å²) in [5.74, 6) is -0.167. The normalized spacial score (nSPS) is 11.1. The number of para-hydroxylation sites is 1. The van der Waals surface area contributed by atoms with Crippen molar-refractivity contribution in [1.29, 1.82) is 0 Å². The van der Waals surface area contributed by atoms with Gasteiger partial charge in [-0.2, -0.15) is 0 Å². The van der Waals surface area contributed by atoms with Gasteiger partial charge in [0.25, 0.3) is 0 Å². The fourth-order valence-corrected chi connectivity index (χ4v) is 3.99. The van der Waals surface area contributed by atoms with E-state index in [0.717, 1.165) is 27.9 Å². The van der Waals surface area contributed by atoms with Crippen molar-refractivity contribution in [3.63, 3.8) is 0 Å². The van der Waals surface area contributed by atoms with E-state index in [2.05, 4.69) is 4.98 Å². The zero-order valence-electron chi connectivity index (χ0n) is 17.3. The topological polar surface area (TPSA) is 50.3 Å². The molecule has 0 radical (unpaired) electrons. The van der Waals surface area contributed by atoms with Gasteiger partial charge in [-0.25, -0.2) is 4.98 Å². The largest absolute Gasteiger partial charge is 0.289 e. The van der Waals surface area contributed by atoms with E-state index in [1.54, 1.807) is 11.0 Å². The molecule has 0 saturated heterocycles. The van der Waals surface area contributed by atoms with Gasteiger partial charge in [0.1, 0.15) is 0 Å².